The second-order valence-electron chi connectivity index (χ2n) is 12.2. The van der Waals surface area contributed by atoms with Crippen LogP contribution in [0, 0.1) is 5.41 Å². The minimum Gasteiger partial charge on any atom is -0.380 e. The van der Waals surface area contributed by atoms with Gasteiger partial charge in [0.25, 0.3) is 11.8 Å². The Morgan fingerprint density at radius 1 is 1.12 bits per heavy atom. The first-order valence-corrected chi connectivity index (χ1v) is 14.1. The Labute approximate surface area is 234 Å². The minimum atomic E-state index is -0.843. The molecule has 1 aromatic heterocycles. The van der Waals surface area contributed by atoms with Crippen LogP contribution in [-0.4, -0.2) is 62.3 Å². The third kappa shape index (κ3) is 5.66. The lowest BCUT2D eigenvalue weighted by Gasteiger charge is -2.32. The number of benzene rings is 1. The molecular weight excluding hydrogens is 508 g/mol. The topological polar surface area (TPSA) is 117 Å². The summed E-state index contributed by atoms with van der Waals surface area (Å²) in [4.78, 5) is 54.6. The average Bonchev–Trinajstić information content (AvgIpc) is 3.49. The summed E-state index contributed by atoms with van der Waals surface area (Å²) in [5.74, 6) is -1.06. The summed E-state index contributed by atoms with van der Waals surface area (Å²) in [5.41, 5.74) is 2.83. The molecular formula is C30H38N6O4. The predicted molar refractivity (Wildman–Crippen MR) is 150 cm³/mol. The van der Waals surface area contributed by atoms with Gasteiger partial charge in [0.15, 0.2) is 0 Å². The molecule has 212 valence electrons. The van der Waals surface area contributed by atoms with Gasteiger partial charge in [0, 0.05) is 49.2 Å². The molecule has 2 fully saturated rings. The van der Waals surface area contributed by atoms with Gasteiger partial charge in [0.2, 0.25) is 11.8 Å². The molecule has 5 rings (SSSR count). The normalized spacial score (nSPS) is 20.1. The number of hydrogen-bond acceptors (Lipinski definition) is 6. The van der Waals surface area contributed by atoms with Crippen molar-refractivity contribution in [3.63, 3.8) is 0 Å². The molecule has 0 saturated carbocycles. The first-order valence-electron chi connectivity index (χ1n) is 14.1. The predicted octanol–water partition coefficient (Wildman–Crippen LogP) is 3.87. The lowest BCUT2D eigenvalue weighted by molar-refractivity contribution is -0.133. The monoisotopic (exact) mass is 546 g/mol. The van der Waals surface area contributed by atoms with E-state index in [1.165, 1.54) is 0 Å². The van der Waals surface area contributed by atoms with Crippen molar-refractivity contribution < 1.29 is 19.2 Å². The maximum absolute atomic E-state index is 13.4. The standard InChI is InChI=1S/C30H38N6O4/c1-19-8-9-24(27(38)33-19)36-28(39)22-6-5-7-23(26(22)29(36)40)31-16-20-17-32-35(18-20)21-11-14-34(15-12-21)25(37)10-13-30(2,3)4/h5-7,17-18,21,24,31H,1,8-16H2,2-4H3,(H,33,38). The number of anilines is 1. The van der Waals surface area contributed by atoms with Crippen molar-refractivity contribution in [3.8, 4) is 0 Å². The lowest BCUT2D eigenvalue weighted by atomic mass is 9.90. The van der Waals surface area contributed by atoms with Crippen molar-refractivity contribution in [2.24, 2.45) is 5.41 Å². The zero-order valence-corrected chi connectivity index (χ0v) is 23.5. The highest BCUT2D eigenvalue weighted by atomic mass is 16.2. The second-order valence-corrected chi connectivity index (χ2v) is 12.2. The van der Waals surface area contributed by atoms with Gasteiger partial charge in [-0.05, 0) is 49.7 Å². The highest BCUT2D eigenvalue weighted by Gasteiger charge is 2.45. The van der Waals surface area contributed by atoms with Gasteiger partial charge in [0.05, 0.1) is 23.4 Å². The SMILES string of the molecule is C=C1CCC(N2C(=O)c3cccc(NCc4cnn(C5CCN(C(=O)CCC(C)(C)C)CC5)c4)c3C2=O)C(=O)N1. The van der Waals surface area contributed by atoms with Crippen LogP contribution in [0.1, 0.15) is 91.6 Å². The summed E-state index contributed by atoms with van der Waals surface area (Å²) in [7, 11) is 0. The Hall–Kier alpha value is -3.95. The summed E-state index contributed by atoms with van der Waals surface area (Å²) in [5, 5.41) is 10.5. The van der Waals surface area contributed by atoms with Crippen molar-refractivity contribution in [1.82, 2.24) is 24.9 Å². The van der Waals surface area contributed by atoms with E-state index in [2.05, 4.69) is 43.1 Å². The van der Waals surface area contributed by atoms with Gasteiger partial charge in [-0.15, -0.1) is 0 Å². The Morgan fingerprint density at radius 2 is 1.88 bits per heavy atom. The molecule has 10 heteroatoms. The quantitative estimate of drug-likeness (QED) is 0.510. The molecule has 1 unspecified atom stereocenters. The van der Waals surface area contributed by atoms with Crippen LogP contribution in [0.4, 0.5) is 5.69 Å². The number of imide groups is 1. The first-order chi connectivity index (χ1) is 19.0. The van der Waals surface area contributed by atoms with Crippen LogP contribution < -0.4 is 10.6 Å². The van der Waals surface area contributed by atoms with Gasteiger partial charge < -0.3 is 15.5 Å². The van der Waals surface area contributed by atoms with Crippen molar-refractivity contribution in [2.45, 2.75) is 77.9 Å². The molecule has 0 spiro atoms. The number of nitrogens with one attached hydrogen (secondary N) is 2. The molecule has 1 aromatic carbocycles. The number of hydrogen-bond donors (Lipinski definition) is 2. The molecule has 2 N–H and O–H groups in total. The van der Waals surface area contributed by atoms with E-state index in [1.54, 1.807) is 24.4 Å². The van der Waals surface area contributed by atoms with Crippen molar-refractivity contribution in [3.05, 3.63) is 59.6 Å². The molecule has 0 bridgehead atoms. The number of allylic oxidation sites excluding steroid dienone is 1. The van der Waals surface area contributed by atoms with Crippen molar-refractivity contribution in [1.29, 1.82) is 0 Å². The summed E-state index contributed by atoms with van der Waals surface area (Å²) in [6.45, 7) is 12.1. The molecule has 3 aliphatic rings. The third-order valence-electron chi connectivity index (χ3n) is 8.00. The third-order valence-corrected chi connectivity index (χ3v) is 8.00. The lowest BCUT2D eigenvalue weighted by Crippen LogP contribution is -2.51. The Morgan fingerprint density at radius 3 is 2.58 bits per heavy atom. The largest absolute Gasteiger partial charge is 0.380 e. The molecule has 4 heterocycles. The summed E-state index contributed by atoms with van der Waals surface area (Å²) >= 11 is 0. The van der Waals surface area contributed by atoms with Gasteiger partial charge >= 0.3 is 0 Å². The van der Waals surface area contributed by atoms with Crippen molar-refractivity contribution in [2.75, 3.05) is 18.4 Å². The molecule has 4 amide bonds. The molecule has 40 heavy (non-hydrogen) atoms. The number of carbonyl (C=O) groups is 4. The van der Waals surface area contributed by atoms with Gasteiger partial charge in [-0.1, -0.05) is 33.4 Å². The summed E-state index contributed by atoms with van der Waals surface area (Å²) in [6, 6.07) is 4.51. The molecule has 1 atom stereocenters. The fourth-order valence-electron chi connectivity index (χ4n) is 5.63. The number of carbonyl (C=O) groups excluding carboxylic acids is 4. The molecule has 2 aromatic rings. The fourth-order valence-corrected chi connectivity index (χ4v) is 5.63. The number of fused-ring (bicyclic) bond motifs is 1. The van der Waals surface area contributed by atoms with Crippen LogP contribution in [0.25, 0.3) is 0 Å². The first kappa shape index (κ1) is 27.6. The molecule has 10 nitrogen and oxygen atoms in total. The number of nitrogens with zero attached hydrogens (tertiary/aromatic N) is 4. The van der Waals surface area contributed by atoms with Crippen LogP contribution in [0.5, 0.6) is 0 Å². The van der Waals surface area contributed by atoms with Gasteiger partial charge in [-0.25, -0.2) is 0 Å². The van der Waals surface area contributed by atoms with Crippen molar-refractivity contribution >= 4 is 29.3 Å². The zero-order valence-electron chi connectivity index (χ0n) is 23.5. The van der Waals surface area contributed by atoms with E-state index in [-0.39, 0.29) is 23.3 Å². The summed E-state index contributed by atoms with van der Waals surface area (Å²) in [6.07, 6.45) is 7.87. The van der Waals surface area contributed by atoms with Crippen LogP contribution in [0.15, 0.2) is 42.9 Å². The molecule has 0 radical (unpaired) electrons. The number of aromatic nitrogens is 2. The number of piperidine rings is 2. The minimum absolute atomic E-state index is 0.150. The maximum atomic E-state index is 13.4. The highest BCUT2D eigenvalue weighted by Crippen LogP contribution is 2.33. The Balaban J connectivity index is 1.19. The van der Waals surface area contributed by atoms with E-state index < -0.39 is 17.9 Å². The Bertz CT molecular complexity index is 1350. The van der Waals surface area contributed by atoms with Gasteiger partial charge in [-0.3, -0.25) is 28.8 Å². The average molecular weight is 547 g/mol. The fraction of sp³-hybridized carbons (Fsp3) is 0.500. The van der Waals surface area contributed by atoms with E-state index >= 15 is 0 Å². The highest BCUT2D eigenvalue weighted by molar-refractivity contribution is 6.25. The summed E-state index contributed by atoms with van der Waals surface area (Å²) < 4.78 is 1.97. The van der Waals surface area contributed by atoms with Crippen LogP contribution in [-0.2, 0) is 16.1 Å². The van der Waals surface area contributed by atoms with Crippen LogP contribution >= 0.6 is 0 Å². The molecule has 2 saturated heterocycles. The van der Waals surface area contributed by atoms with Gasteiger partial charge in [0.1, 0.15) is 6.04 Å². The second kappa shape index (κ2) is 10.9. The van der Waals surface area contributed by atoms with E-state index in [0.29, 0.717) is 48.3 Å². The molecule has 3 aliphatic heterocycles. The number of rotatable bonds is 7. The van der Waals surface area contributed by atoms with Crippen LogP contribution in [0.2, 0.25) is 0 Å². The maximum Gasteiger partial charge on any atom is 0.264 e. The molecule has 0 aliphatic carbocycles. The van der Waals surface area contributed by atoms with E-state index in [9.17, 15) is 19.2 Å². The number of amides is 4. The Kier molecular flexibility index (Phi) is 7.53. The van der Waals surface area contributed by atoms with Gasteiger partial charge in [-0.2, -0.15) is 5.10 Å². The number of likely N-dealkylation sites (tertiary alicyclic amines) is 1. The van der Waals surface area contributed by atoms with E-state index in [4.69, 9.17) is 0 Å². The zero-order chi connectivity index (χ0) is 28.6. The van der Waals surface area contributed by atoms with E-state index in [0.717, 1.165) is 42.8 Å². The van der Waals surface area contributed by atoms with Crippen LogP contribution in [0.3, 0.4) is 0 Å². The van der Waals surface area contributed by atoms with E-state index in [1.807, 2.05) is 15.8 Å². The smallest absolute Gasteiger partial charge is 0.264 e.